The van der Waals surface area contributed by atoms with Gasteiger partial charge in [-0.1, -0.05) is 11.6 Å². The molecule has 10 heteroatoms. The van der Waals surface area contributed by atoms with Gasteiger partial charge in [0.2, 0.25) is 0 Å². The lowest BCUT2D eigenvalue weighted by Crippen LogP contribution is -2.25. The average Bonchev–Trinajstić information content (AvgIpc) is 3.25. The van der Waals surface area contributed by atoms with Crippen molar-refractivity contribution in [2.75, 3.05) is 18.4 Å². The first-order valence-electron chi connectivity index (χ1n) is 10.7. The van der Waals surface area contributed by atoms with E-state index in [1.807, 2.05) is 13.0 Å². The third-order valence-electron chi connectivity index (χ3n) is 5.39. The van der Waals surface area contributed by atoms with Crippen LogP contribution in [0.15, 0.2) is 48.9 Å². The molecule has 0 aliphatic heterocycles. The predicted molar refractivity (Wildman–Crippen MR) is 128 cm³/mol. The van der Waals surface area contributed by atoms with E-state index >= 15 is 0 Å². The van der Waals surface area contributed by atoms with Crippen LogP contribution in [0.4, 0.5) is 20.3 Å². The summed E-state index contributed by atoms with van der Waals surface area (Å²) >= 11 is 5.68. The van der Waals surface area contributed by atoms with Gasteiger partial charge in [-0.2, -0.15) is 0 Å². The van der Waals surface area contributed by atoms with E-state index < -0.39 is 11.6 Å². The van der Waals surface area contributed by atoms with Crippen molar-refractivity contribution >= 4 is 34.7 Å². The van der Waals surface area contributed by atoms with Crippen LogP contribution in [0.2, 0.25) is 5.02 Å². The number of halogens is 3. The highest BCUT2D eigenvalue weighted by Gasteiger charge is 2.18. The number of carbonyl (C=O) groups is 1. The third-order valence-corrected chi connectivity index (χ3v) is 5.68. The summed E-state index contributed by atoms with van der Waals surface area (Å²) in [5.74, 6) is -1.88. The number of rotatable bonds is 8. The molecule has 0 unspecified atom stereocenters. The largest absolute Gasteiger partial charge is 0.352 e. The maximum absolute atomic E-state index is 14.5. The third kappa shape index (κ3) is 4.71. The van der Waals surface area contributed by atoms with Crippen molar-refractivity contribution in [2.45, 2.75) is 19.8 Å². The monoisotopic (exact) mass is 484 g/mol. The number of hydrogen-bond donors (Lipinski definition) is 3. The number of fused-ring (bicyclic) bond motifs is 1. The van der Waals surface area contributed by atoms with Crippen molar-refractivity contribution in [3.8, 4) is 11.3 Å². The molecule has 2 aromatic carbocycles. The summed E-state index contributed by atoms with van der Waals surface area (Å²) < 4.78 is 30.1. The zero-order valence-electron chi connectivity index (χ0n) is 18.4. The number of anilines is 2. The summed E-state index contributed by atoms with van der Waals surface area (Å²) in [4.78, 5) is 21.1. The highest BCUT2D eigenvalue weighted by Crippen LogP contribution is 2.30. The van der Waals surface area contributed by atoms with Gasteiger partial charge in [0, 0.05) is 35.8 Å². The van der Waals surface area contributed by atoms with E-state index in [1.165, 1.54) is 24.5 Å². The molecular formula is C24H23ClF2N6O. The number of imidazole rings is 1. The molecule has 4 N–H and O–H groups in total. The summed E-state index contributed by atoms with van der Waals surface area (Å²) in [5.41, 5.74) is 8.35. The quantitative estimate of drug-likeness (QED) is 0.245. The van der Waals surface area contributed by atoms with Crippen LogP contribution in [0.5, 0.6) is 0 Å². The Morgan fingerprint density at radius 2 is 1.97 bits per heavy atom. The Hall–Kier alpha value is -3.56. The van der Waals surface area contributed by atoms with Gasteiger partial charge in [-0.25, -0.2) is 18.7 Å². The molecule has 0 aliphatic rings. The first-order chi connectivity index (χ1) is 16.4. The normalized spacial score (nSPS) is 11.1. The molecule has 0 aliphatic carbocycles. The molecule has 0 spiro atoms. The molecular weight excluding hydrogens is 462 g/mol. The number of aromatic nitrogens is 3. The van der Waals surface area contributed by atoms with Crippen molar-refractivity contribution in [1.82, 2.24) is 19.7 Å². The second-order valence-electron chi connectivity index (χ2n) is 7.74. The van der Waals surface area contributed by atoms with E-state index in [2.05, 4.69) is 20.6 Å². The van der Waals surface area contributed by atoms with E-state index in [4.69, 9.17) is 17.3 Å². The molecule has 0 fully saturated rings. The van der Waals surface area contributed by atoms with Crippen LogP contribution in [0.25, 0.3) is 16.9 Å². The van der Waals surface area contributed by atoms with E-state index in [0.29, 0.717) is 41.5 Å². The van der Waals surface area contributed by atoms with Crippen LogP contribution in [-0.4, -0.2) is 33.4 Å². The van der Waals surface area contributed by atoms with Gasteiger partial charge in [0.25, 0.3) is 5.91 Å². The van der Waals surface area contributed by atoms with E-state index in [-0.39, 0.29) is 16.5 Å². The number of nitrogens with one attached hydrogen (secondary N) is 2. The molecule has 34 heavy (non-hydrogen) atoms. The fourth-order valence-corrected chi connectivity index (χ4v) is 3.78. The number of nitrogens with zero attached hydrogens (tertiary/aromatic N) is 3. The van der Waals surface area contributed by atoms with Gasteiger partial charge >= 0.3 is 0 Å². The molecule has 2 aromatic heterocycles. The fraction of sp³-hybridized carbons (Fsp3) is 0.208. The Labute approximate surface area is 200 Å². The molecule has 4 rings (SSSR count). The van der Waals surface area contributed by atoms with Gasteiger partial charge < -0.3 is 16.4 Å². The topological polar surface area (TPSA) is 97.3 Å². The summed E-state index contributed by atoms with van der Waals surface area (Å²) in [6.07, 6.45) is 6.27. The first-order valence-corrected chi connectivity index (χ1v) is 11.1. The number of unbranched alkanes of at least 4 members (excludes halogenated alkanes) is 1. The maximum atomic E-state index is 14.5. The maximum Gasteiger partial charge on any atom is 0.251 e. The molecule has 0 saturated carbocycles. The predicted octanol–water partition coefficient (Wildman–Crippen LogP) is 4.85. The number of hydrogen-bond acceptors (Lipinski definition) is 5. The lowest BCUT2D eigenvalue weighted by molar-refractivity contribution is 0.0952. The van der Waals surface area contributed by atoms with Crippen LogP contribution >= 0.6 is 11.6 Å². The summed E-state index contributed by atoms with van der Waals surface area (Å²) in [6.45, 7) is 3.01. The standard InChI is InChI=1S/C24H23ClF2N6O/c1-14-12-15(4-5-16(14)24(34)30-9-3-2-8-28)32-22-23-31-13-19(33(23)11-10-29-22)17-6-7-18(25)21(27)20(17)26/h4-7,10-13H,2-3,8-9,28H2,1H3,(H,29,32)(H,30,34). The molecule has 0 radical (unpaired) electrons. The molecule has 0 saturated heterocycles. The van der Waals surface area contributed by atoms with Crippen molar-refractivity contribution in [3.63, 3.8) is 0 Å². The second kappa shape index (κ2) is 10.1. The Morgan fingerprint density at radius 1 is 1.15 bits per heavy atom. The Bertz CT molecular complexity index is 1360. The van der Waals surface area contributed by atoms with Crippen LogP contribution in [0.3, 0.4) is 0 Å². The number of carbonyl (C=O) groups excluding carboxylic acids is 1. The van der Waals surface area contributed by atoms with E-state index in [0.717, 1.165) is 18.4 Å². The van der Waals surface area contributed by atoms with Crippen molar-refractivity contribution in [2.24, 2.45) is 5.73 Å². The minimum atomic E-state index is -1.11. The number of amides is 1. The molecule has 176 valence electrons. The lowest BCUT2D eigenvalue weighted by atomic mass is 10.1. The Balaban J connectivity index is 1.58. The number of aryl methyl sites for hydroxylation is 1. The minimum absolute atomic E-state index is 0.0317. The SMILES string of the molecule is Cc1cc(Nc2nccn3c(-c4ccc(Cl)c(F)c4F)cnc23)ccc1C(=O)NCCCCN. The minimum Gasteiger partial charge on any atom is -0.352 e. The fourth-order valence-electron chi connectivity index (χ4n) is 3.63. The highest BCUT2D eigenvalue weighted by molar-refractivity contribution is 6.30. The van der Waals surface area contributed by atoms with Crippen molar-refractivity contribution in [3.05, 3.63) is 76.7 Å². The van der Waals surface area contributed by atoms with Gasteiger partial charge in [-0.3, -0.25) is 9.20 Å². The van der Waals surface area contributed by atoms with Crippen LogP contribution in [-0.2, 0) is 0 Å². The van der Waals surface area contributed by atoms with Crippen LogP contribution in [0.1, 0.15) is 28.8 Å². The van der Waals surface area contributed by atoms with E-state index in [1.54, 1.807) is 22.7 Å². The average molecular weight is 485 g/mol. The zero-order chi connectivity index (χ0) is 24.2. The lowest BCUT2D eigenvalue weighted by Gasteiger charge is -2.12. The summed E-state index contributed by atoms with van der Waals surface area (Å²) in [6, 6.07) is 8.04. The molecule has 1 amide bonds. The molecule has 0 bridgehead atoms. The van der Waals surface area contributed by atoms with Gasteiger partial charge in [-0.05, 0) is 62.2 Å². The zero-order valence-corrected chi connectivity index (χ0v) is 19.2. The van der Waals surface area contributed by atoms with Gasteiger partial charge in [0.1, 0.15) is 0 Å². The Morgan fingerprint density at radius 3 is 2.74 bits per heavy atom. The van der Waals surface area contributed by atoms with Crippen LogP contribution < -0.4 is 16.4 Å². The van der Waals surface area contributed by atoms with Crippen molar-refractivity contribution < 1.29 is 13.6 Å². The Kier molecular flexibility index (Phi) is 7.04. The van der Waals surface area contributed by atoms with Gasteiger partial charge in [-0.15, -0.1) is 0 Å². The first kappa shape index (κ1) is 23.6. The second-order valence-corrected chi connectivity index (χ2v) is 8.15. The molecule has 2 heterocycles. The number of benzene rings is 2. The van der Waals surface area contributed by atoms with Gasteiger partial charge in [0.05, 0.1) is 16.9 Å². The molecule has 4 aromatic rings. The van der Waals surface area contributed by atoms with Gasteiger partial charge in [0.15, 0.2) is 23.1 Å². The van der Waals surface area contributed by atoms with Crippen molar-refractivity contribution in [1.29, 1.82) is 0 Å². The summed E-state index contributed by atoms with van der Waals surface area (Å²) in [7, 11) is 0. The highest BCUT2D eigenvalue weighted by atomic mass is 35.5. The molecule has 0 atom stereocenters. The number of nitrogens with two attached hydrogens (primary N) is 1. The smallest absolute Gasteiger partial charge is 0.251 e. The molecule has 7 nitrogen and oxygen atoms in total. The summed E-state index contributed by atoms with van der Waals surface area (Å²) in [5, 5.41) is 5.79. The van der Waals surface area contributed by atoms with Crippen LogP contribution in [0, 0.1) is 18.6 Å². The van der Waals surface area contributed by atoms with E-state index in [9.17, 15) is 13.6 Å².